The number of halogens is 2. The predicted octanol–water partition coefficient (Wildman–Crippen LogP) is 0.813. The molecule has 1 aliphatic rings. The Morgan fingerprint density at radius 1 is 1.28 bits per heavy atom. The van der Waals surface area contributed by atoms with Gasteiger partial charge in [0.25, 0.3) is 0 Å². The van der Waals surface area contributed by atoms with Crippen molar-refractivity contribution in [3.63, 3.8) is 0 Å². The summed E-state index contributed by atoms with van der Waals surface area (Å²) in [6, 6.07) is 3.83. The van der Waals surface area contributed by atoms with Crippen molar-refractivity contribution in [1.29, 1.82) is 0 Å². The van der Waals surface area contributed by atoms with Gasteiger partial charge in [0.05, 0.1) is 6.54 Å². The second-order valence-corrected chi connectivity index (χ2v) is 4.05. The lowest BCUT2D eigenvalue weighted by Gasteiger charge is -2.20. The Labute approximate surface area is 103 Å². The molecular weight excluding hydrogens is 242 g/mol. The third-order valence-corrected chi connectivity index (χ3v) is 2.79. The van der Waals surface area contributed by atoms with Crippen LogP contribution in [0.5, 0.6) is 0 Å². The molecule has 1 aromatic carbocycles. The van der Waals surface area contributed by atoms with Gasteiger partial charge in [0.1, 0.15) is 0 Å². The lowest BCUT2D eigenvalue weighted by Crippen LogP contribution is -2.35. The zero-order chi connectivity index (χ0) is 13.1. The number of amides is 2. The van der Waals surface area contributed by atoms with Crippen molar-refractivity contribution in [1.82, 2.24) is 10.2 Å². The summed E-state index contributed by atoms with van der Waals surface area (Å²) in [4.78, 5) is 24.1. The van der Waals surface area contributed by atoms with E-state index in [-0.39, 0.29) is 43.4 Å². The molecule has 1 saturated heterocycles. The number of rotatable bonds is 2. The molecule has 1 heterocycles. The van der Waals surface area contributed by atoms with E-state index in [1.54, 1.807) is 0 Å². The van der Waals surface area contributed by atoms with E-state index in [0.717, 1.165) is 6.07 Å². The van der Waals surface area contributed by atoms with Gasteiger partial charge in [-0.3, -0.25) is 9.59 Å². The van der Waals surface area contributed by atoms with Gasteiger partial charge in [0, 0.05) is 25.1 Å². The van der Waals surface area contributed by atoms with Gasteiger partial charge in [-0.15, -0.1) is 0 Å². The second kappa shape index (κ2) is 5.12. The van der Waals surface area contributed by atoms with Gasteiger partial charge in [0.15, 0.2) is 11.6 Å². The summed E-state index contributed by atoms with van der Waals surface area (Å²) in [6.07, 6.45) is 0.169. The molecule has 6 heteroatoms. The van der Waals surface area contributed by atoms with E-state index < -0.39 is 11.6 Å². The Morgan fingerprint density at radius 2 is 2.06 bits per heavy atom. The smallest absolute Gasteiger partial charge is 0.242 e. The molecule has 0 aromatic heterocycles. The first-order valence-electron chi connectivity index (χ1n) is 5.55. The first-order chi connectivity index (χ1) is 8.58. The molecule has 0 bridgehead atoms. The standard InChI is InChI=1S/C12H12F2N2O2/c13-9-3-1-2-8(12(9)14)7-16-5-4-10(17)15-6-11(16)18/h1-3H,4-7H2,(H,15,17). The fourth-order valence-corrected chi connectivity index (χ4v) is 1.78. The molecule has 18 heavy (non-hydrogen) atoms. The highest BCUT2D eigenvalue weighted by Crippen LogP contribution is 2.14. The molecule has 96 valence electrons. The number of nitrogens with one attached hydrogen (secondary N) is 1. The molecular formula is C12H12F2N2O2. The van der Waals surface area contributed by atoms with E-state index in [1.165, 1.54) is 17.0 Å². The summed E-state index contributed by atoms with van der Waals surface area (Å²) in [5.41, 5.74) is 0.109. The van der Waals surface area contributed by atoms with Crippen molar-refractivity contribution >= 4 is 11.8 Å². The average Bonchev–Trinajstić information content (AvgIpc) is 2.50. The summed E-state index contributed by atoms with van der Waals surface area (Å²) in [5, 5.41) is 2.44. The monoisotopic (exact) mass is 254 g/mol. The maximum Gasteiger partial charge on any atom is 0.242 e. The summed E-state index contributed by atoms with van der Waals surface area (Å²) < 4.78 is 26.5. The van der Waals surface area contributed by atoms with Crippen molar-refractivity contribution in [2.24, 2.45) is 0 Å². The van der Waals surface area contributed by atoms with E-state index in [1.807, 2.05) is 0 Å². The molecule has 1 aromatic rings. The topological polar surface area (TPSA) is 49.4 Å². The number of hydrogen-bond donors (Lipinski definition) is 1. The SMILES string of the molecule is O=C1CCN(Cc2cccc(F)c2F)C(=O)CN1. The lowest BCUT2D eigenvalue weighted by atomic mass is 10.2. The zero-order valence-electron chi connectivity index (χ0n) is 9.58. The van der Waals surface area contributed by atoms with Crippen LogP contribution in [0.25, 0.3) is 0 Å². The predicted molar refractivity (Wildman–Crippen MR) is 59.4 cm³/mol. The van der Waals surface area contributed by atoms with Crippen molar-refractivity contribution in [3.8, 4) is 0 Å². The van der Waals surface area contributed by atoms with Crippen LogP contribution in [0.1, 0.15) is 12.0 Å². The van der Waals surface area contributed by atoms with Gasteiger partial charge in [-0.05, 0) is 6.07 Å². The van der Waals surface area contributed by atoms with Crippen LogP contribution in [0.4, 0.5) is 8.78 Å². The van der Waals surface area contributed by atoms with Crippen LogP contribution >= 0.6 is 0 Å². The molecule has 4 nitrogen and oxygen atoms in total. The van der Waals surface area contributed by atoms with Crippen molar-refractivity contribution in [3.05, 3.63) is 35.4 Å². The minimum Gasteiger partial charge on any atom is -0.347 e. The second-order valence-electron chi connectivity index (χ2n) is 4.05. The minimum absolute atomic E-state index is 0.0304. The van der Waals surface area contributed by atoms with Gasteiger partial charge in [0.2, 0.25) is 11.8 Å². The average molecular weight is 254 g/mol. The van der Waals surface area contributed by atoms with E-state index in [4.69, 9.17) is 0 Å². The molecule has 2 rings (SSSR count). The van der Waals surface area contributed by atoms with Gasteiger partial charge in [-0.25, -0.2) is 8.78 Å². The maximum absolute atomic E-state index is 13.5. The summed E-state index contributed by atoms with van der Waals surface area (Å²) in [7, 11) is 0. The molecule has 0 aliphatic carbocycles. The summed E-state index contributed by atoms with van der Waals surface area (Å²) >= 11 is 0. The lowest BCUT2D eigenvalue weighted by molar-refractivity contribution is -0.130. The van der Waals surface area contributed by atoms with Crippen LogP contribution < -0.4 is 5.32 Å². The van der Waals surface area contributed by atoms with Crippen molar-refractivity contribution in [2.75, 3.05) is 13.1 Å². The highest BCUT2D eigenvalue weighted by molar-refractivity contribution is 5.87. The van der Waals surface area contributed by atoms with Gasteiger partial charge in [-0.1, -0.05) is 12.1 Å². The Hall–Kier alpha value is -1.98. The van der Waals surface area contributed by atoms with Crippen LogP contribution in [0.2, 0.25) is 0 Å². The third-order valence-electron chi connectivity index (χ3n) is 2.79. The normalized spacial score (nSPS) is 16.4. The molecule has 0 spiro atoms. The summed E-state index contributed by atoms with van der Waals surface area (Å²) in [5.74, 6) is -2.41. The molecule has 0 unspecified atom stereocenters. The van der Waals surface area contributed by atoms with Crippen LogP contribution in [0.3, 0.4) is 0 Å². The Kier molecular flexibility index (Phi) is 3.55. The quantitative estimate of drug-likeness (QED) is 0.849. The molecule has 0 saturated carbocycles. The highest BCUT2D eigenvalue weighted by atomic mass is 19.2. The van der Waals surface area contributed by atoms with E-state index in [0.29, 0.717) is 0 Å². The number of hydrogen-bond acceptors (Lipinski definition) is 2. The van der Waals surface area contributed by atoms with Gasteiger partial charge >= 0.3 is 0 Å². The first-order valence-corrected chi connectivity index (χ1v) is 5.55. The van der Waals surface area contributed by atoms with Gasteiger partial charge in [-0.2, -0.15) is 0 Å². The number of benzene rings is 1. The Balaban J connectivity index is 2.14. The minimum atomic E-state index is -0.950. The molecule has 1 aliphatic heterocycles. The number of carbonyl (C=O) groups is 2. The number of nitrogens with zero attached hydrogens (tertiary/aromatic N) is 1. The third kappa shape index (κ3) is 2.64. The van der Waals surface area contributed by atoms with Gasteiger partial charge < -0.3 is 10.2 Å². The van der Waals surface area contributed by atoms with Crippen molar-refractivity contribution < 1.29 is 18.4 Å². The largest absolute Gasteiger partial charge is 0.347 e. The van der Waals surface area contributed by atoms with E-state index in [9.17, 15) is 18.4 Å². The Bertz CT molecular complexity index is 491. The molecule has 0 radical (unpaired) electrons. The van der Waals surface area contributed by atoms with E-state index >= 15 is 0 Å². The number of carbonyl (C=O) groups excluding carboxylic acids is 2. The fourth-order valence-electron chi connectivity index (χ4n) is 1.78. The summed E-state index contributed by atoms with van der Waals surface area (Å²) in [6.45, 7) is 0.0772. The van der Waals surface area contributed by atoms with Crippen LogP contribution in [0, 0.1) is 11.6 Å². The van der Waals surface area contributed by atoms with Crippen LogP contribution in [-0.2, 0) is 16.1 Å². The molecule has 0 atom stereocenters. The maximum atomic E-state index is 13.5. The van der Waals surface area contributed by atoms with Crippen LogP contribution in [0.15, 0.2) is 18.2 Å². The zero-order valence-corrected chi connectivity index (χ0v) is 9.58. The van der Waals surface area contributed by atoms with Crippen molar-refractivity contribution in [2.45, 2.75) is 13.0 Å². The highest BCUT2D eigenvalue weighted by Gasteiger charge is 2.21. The fraction of sp³-hybridized carbons (Fsp3) is 0.333. The molecule has 1 fully saturated rings. The first kappa shape index (κ1) is 12.5. The molecule has 2 amide bonds. The molecule has 1 N–H and O–H groups in total. The Morgan fingerprint density at radius 3 is 2.83 bits per heavy atom. The van der Waals surface area contributed by atoms with Crippen LogP contribution in [-0.4, -0.2) is 29.8 Å². The van der Waals surface area contributed by atoms with E-state index in [2.05, 4.69) is 5.32 Å².